The van der Waals surface area contributed by atoms with Crippen LogP contribution in [0.5, 0.6) is 0 Å². The molecule has 4 bridgehead atoms. The van der Waals surface area contributed by atoms with E-state index in [0.717, 1.165) is 37.0 Å². The number of pyridine rings is 1. The van der Waals surface area contributed by atoms with Gasteiger partial charge in [-0.3, -0.25) is 4.79 Å². The Morgan fingerprint density at radius 3 is 2.29 bits per heavy atom. The van der Waals surface area contributed by atoms with Crippen LogP contribution in [0.25, 0.3) is 0 Å². The van der Waals surface area contributed by atoms with Crippen molar-refractivity contribution in [3.63, 3.8) is 0 Å². The normalized spacial score (nSPS) is 36.2. The number of nitrogens with one attached hydrogen (secondary N) is 1. The lowest BCUT2D eigenvalue weighted by Crippen LogP contribution is -2.59. The maximum atomic E-state index is 12.5. The summed E-state index contributed by atoms with van der Waals surface area (Å²) in [6.45, 7) is 0. The molecule has 21 heavy (non-hydrogen) atoms. The van der Waals surface area contributed by atoms with Gasteiger partial charge in [0.05, 0.1) is 5.56 Å². The van der Waals surface area contributed by atoms with Gasteiger partial charge in [0.2, 0.25) is 0 Å². The molecule has 1 aromatic rings. The first kappa shape index (κ1) is 12.8. The summed E-state index contributed by atoms with van der Waals surface area (Å²) in [7, 11) is 0. The molecule has 0 aromatic carbocycles. The summed E-state index contributed by atoms with van der Waals surface area (Å²) in [4.78, 5) is 16.6. The number of hydrogen-bond acceptors (Lipinski definition) is 3. The molecule has 0 unspecified atom stereocenters. The highest BCUT2D eigenvalue weighted by Gasteiger charge is 2.51. The van der Waals surface area contributed by atoms with E-state index in [1.807, 2.05) is 6.07 Å². The van der Waals surface area contributed by atoms with Gasteiger partial charge >= 0.3 is 0 Å². The van der Waals surface area contributed by atoms with Gasteiger partial charge in [0.25, 0.3) is 5.91 Å². The minimum absolute atomic E-state index is 0.0153. The summed E-state index contributed by atoms with van der Waals surface area (Å²) in [5.74, 6) is 2.35. The fourth-order valence-corrected chi connectivity index (χ4v) is 5.16. The zero-order valence-corrected chi connectivity index (χ0v) is 12.0. The summed E-state index contributed by atoms with van der Waals surface area (Å²) in [5, 5.41) is 12.1. The summed E-state index contributed by atoms with van der Waals surface area (Å²) >= 11 is 0. The van der Waals surface area contributed by atoms with Crippen molar-refractivity contribution in [3.8, 4) is 6.07 Å². The summed E-state index contributed by atoms with van der Waals surface area (Å²) in [5.41, 5.74) is 0.924. The van der Waals surface area contributed by atoms with Gasteiger partial charge in [-0.05, 0) is 68.4 Å². The van der Waals surface area contributed by atoms with Gasteiger partial charge in [0, 0.05) is 11.7 Å². The van der Waals surface area contributed by atoms with Crippen molar-refractivity contribution in [1.29, 1.82) is 5.26 Å². The van der Waals surface area contributed by atoms with Crippen LogP contribution in [0.1, 0.15) is 54.6 Å². The fourth-order valence-electron chi connectivity index (χ4n) is 5.16. The lowest BCUT2D eigenvalue weighted by molar-refractivity contribution is -0.0167. The van der Waals surface area contributed by atoms with E-state index in [4.69, 9.17) is 5.26 Å². The van der Waals surface area contributed by atoms with E-state index in [9.17, 15) is 4.79 Å². The number of carbonyl (C=O) groups is 1. The molecule has 4 aliphatic carbocycles. The predicted octanol–water partition coefficient (Wildman–Crippen LogP) is 2.65. The number of nitriles is 1. The van der Waals surface area contributed by atoms with Crippen LogP contribution >= 0.6 is 0 Å². The van der Waals surface area contributed by atoms with Crippen molar-refractivity contribution in [2.75, 3.05) is 0 Å². The van der Waals surface area contributed by atoms with Gasteiger partial charge in [-0.25, -0.2) is 4.98 Å². The van der Waals surface area contributed by atoms with Gasteiger partial charge in [-0.1, -0.05) is 0 Å². The quantitative estimate of drug-likeness (QED) is 0.906. The second kappa shape index (κ2) is 4.56. The van der Waals surface area contributed by atoms with Crippen LogP contribution in [0.2, 0.25) is 0 Å². The van der Waals surface area contributed by atoms with Gasteiger partial charge in [-0.15, -0.1) is 0 Å². The predicted molar refractivity (Wildman–Crippen MR) is 77.3 cm³/mol. The first-order valence-corrected chi connectivity index (χ1v) is 7.84. The van der Waals surface area contributed by atoms with Gasteiger partial charge in [0.15, 0.2) is 0 Å². The molecule has 1 amide bonds. The maximum Gasteiger partial charge on any atom is 0.270 e. The topological polar surface area (TPSA) is 65.8 Å². The highest BCUT2D eigenvalue weighted by molar-refractivity contribution is 5.92. The number of rotatable bonds is 2. The third-order valence-electron chi connectivity index (χ3n) is 5.54. The van der Waals surface area contributed by atoms with E-state index in [1.54, 1.807) is 12.1 Å². The monoisotopic (exact) mass is 281 g/mol. The number of carbonyl (C=O) groups excluding carboxylic acids is 1. The zero-order valence-electron chi connectivity index (χ0n) is 12.0. The molecule has 5 rings (SSSR count). The molecule has 1 aromatic heterocycles. The molecule has 0 atom stereocenters. The SMILES string of the molecule is N#Cc1ccc(C(=O)NC23CC4CC(CC(C4)C2)C3)nc1. The summed E-state index contributed by atoms with van der Waals surface area (Å²) < 4.78 is 0. The minimum atomic E-state index is -0.0820. The highest BCUT2D eigenvalue weighted by Crippen LogP contribution is 2.55. The largest absolute Gasteiger partial charge is 0.345 e. The van der Waals surface area contributed by atoms with Crippen LogP contribution in [-0.2, 0) is 0 Å². The molecule has 4 nitrogen and oxygen atoms in total. The van der Waals surface area contributed by atoms with Crippen molar-refractivity contribution < 1.29 is 4.79 Å². The van der Waals surface area contributed by atoms with Crippen molar-refractivity contribution >= 4 is 5.91 Å². The molecule has 4 fully saturated rings. The van der Waals surface area contributed by atoms with Crippen LogP contribution in [0.4, 0.5) is 0 Å². The van der Waals surface area contributed by atoms with Crippen LogP contribution in [-0.4, -0.2) is 16.4 Å². The second-order valence-electron chi connectivity index (χ2n) is 7.20. The molecule has 4 aliphatic rings. The van der Waals surface area contributed by atoms with Crippen LogP contribution in [0, 0.1) is 29.1 Å². The first-order valence-electron chi connectivity index (χ1n) is 7.84. The molecule has 0 spiro atoms. The van der Waals surface area contributed by atoms with Crippen molar-refractivity contribution in [1.82, 2.24) is 10.3 Å². The van der Waals surface area contributed by atoms with Gasteiger partial charge in [0.1, 0.15) is 11.8 Å². The second-order valence-corrected chi connectivity index (χ2v) is 7.20. The minimum Gasteiger partial charge on any atom is -0.345 e. The lowest BCUT2D eigenvalue weighted by atomic mass is 9.53. The Morgan fingerprint density at radius 2 is 1.81 bits per heavy atom. The molecule has 4 saturated carbocycles. The van der Waals surface area contributed by atoms with E-state index in [-0.39, 0.29) is 11.4 Å². The van der Waals surface area contributed by atoms with E-state index < -0.39 is 0 Å². The molecule has 1 N–H and O–H groups in total. The van der Waals surface area contributed by atoms with Crippen LogP contribution in [0.3, 0.4) is 0 Å². The lowest BCUT2D eigenvalue weighted by Gasteiger charge is -2.56. The van der Waals surface area contributed by atoms with E-state index in [0.29, 0.717) is 11.3 Å². The average molecular weight is 281 g/mol. The Labute approximate surface area is 124 Å². The number of hydrogen-bond donors (Lipinski definition) is 1. The number of amides is 1. The summed E-state index contributed by atoms with van der Waals surface area (Å²) in [6, 6.07) is 5.33. The molecule has 108 valence electrons. The van der Waals surface area contributed by atoms with Gasteiger partial charge < -0.3 is 5.32 Å². The van der Waals surface area contributed by atoms with Crippen LogP contribution < -0.4 is 5.32 Å². The highest BCUT2D eigenvalue weighted by atomic mass is 16.2. The Morgan fingerprint density at radius 1 is 1.19 bits per heavy atom. The Bertz CT molecular complexity index is 579. The van der Waals surface area contributed by atoms with Crippen molar-refractivity contribution in [2.24, 2.45) is 17.8 Å². The van der Waals surface area contributed by atoms with Gasteiger partial charge in [-0.2, -0.15) is 5.26 Å². The first-order chi connectivity index (χ1) is 10.2. The average Bonchev–Trinajstić information content (AvgIpc) is 2.45. The molecule has 1 heterocycles. The summed E-state index contributed by atoms with van der Waals surface area (Å²) in [6.07, 6.45) is 8.98. The number of nitrogens with zero attached hydrogens (tertiary/aromatic N) is 2. The van der Waals surface area contributed by atoms with E-state index in [1.165, 1.54) is 25.5 Å². The van der Waals surface area contributed by atoms with E-state index in [2.05, 4.69) is 10.3 Å². The van der Waals surface area contributed by atoms with Crippen molar-refractivity contribution in [3.05, 3.63) is 29.6 Å². The molecule has 0 aliphatic heterocycles. The number of aromatic nitrogens is 1. The molecular formula is C17H19N3O. The fraction of sp³-hybridized carbons (Fsp3) is 0.588. The maximum absolute atomic E-state index is 12.5. The zero-order chi connectivity index (χ0) is 14.4. The third kappa shape index (κ3) is 2.21. The Kier molecular flexibility index (Phi) is 2.78. The Balaban J connectivity index is 1.52. The molecular weight excluding hydrogens is 262 g/mol. The molecule has 0 radical (unpaired) electrons. The standard InChI is InChI=1S/C17H19N3O/c18-9-11-1-2-15(19-10-11)16(21)20-17-6-12-3-13(7-17)5-14(4-12)8-17/h1-2,10,12-14H,3-8H2,(H,20,21). The Hall–Kier alpha value is -1.89. The molecule has 4 heteroatoms. The van der Waals surface area contributed by atoms with E-state index >= 15 is 0 Å². The van der Waals surface area contributed by atoms with Crippen LogP contribution in [0.15, 0.2) is 18.3 Å². The van der Waals surface area contributed by atoms with Crippen molar-refractivity contribution in [2.45, 2.75) is 44.1 Å². The third-order valence-corrected chi connectivity index (χ3v) is 5.54. The smallest absolute Gasteiger partial charge is 0.270 e. The molecule has 0 saturated heterocycles.